The summed E-state index contributed by atoms with van der Waals surface area (Å²) >= 11 is 0. The summed E-state index contributed by atoms with van der Waals surface area (Å²) in [6.07, 6.45) is 0. The number of halogens is 3. The highest BCUT2D eigenvalue weighted by Gasteiger charge is 2.17. The highest BCUT2D eigenvalue weighted by molar-refractivity contribution is 5.36. The number of ether oxygens (including phenoxy) is 1. The van der Waals surface area contributed by atoms with Crippen LogP contribution in [0.25, 0.3) is 0 Å². The van der Waals surface area contributed by atoms with Crippen molar-refractivity contribution >= 4 is 0 Å². The molecule has 100 valence electrons. The lowest BCUT2D eigenvalue weighted by molar-refractivity contribution is 0.414. The van der Waals surface area contributed by atoms with Crippen LogP contribution >= 0.6 is 0 Å². The molecule has 0 amide bonds. The van der Waals surface area contributed by atoms with Crippen LogP contribution < -0.4 is 10.5 Å². The number of hydrogen-bond donors (Lipinski definition) is 1. The standard InChI is InChI=1S/C14H12F3NO/c1-19-9-4-2-8(3-5-9)14(18)10-6-12(16)13(17)7-11(10)15/h2-7,14H,18H2,1H3. The van der Waals surface area contributed by atoms with Crippen molar-refractivity contribution in [1.82, 2.24) is 0 Å². The maximum absolute atomic E-state index is 13.6. The number of nitrogens with two attached hydrogens (primary N) is 1. The fraction of sp³-hybridized carbons (Fsp3) is 0.143. The van der Waals surface area contributed by atoms with E-state index in [1.54, 1.807) is 24.3 Å². The van der Waals surface area contributed by atoms with E-state index < -0.39 is 23.5 Å². The maximum atomic E-state index is 13.6. The first kappa shape index (κ1) is 13.4. The summed E-state index contributed by atoms with van der Waals surface area (Å²) in [6.45, 7) is 0. The molecule has 0 bridgehead atoms. The summed E-state index contributed by atoms with van der Waals surface area (Å²) in [6, 6.07) is 7.00. The molecule has 19 heavy (non-hydrogen) atoms. The van der Waals surface area contributed by atoms with Gasteiger partial charge in [-0.15, -0.1) is 0 Å². The smallest absolute Gasteiger partial charge is 0.161 e. The molecule has 0 saturated heterocycles. The fourth-order valence-electron chi connectivity index (χ4n) is 1.77. The highest BCUT2D eigenvalue weighted by Crippen LogP contribution is 2.25. The van der Waals surface area contributed by atoms with Crippen LogP contribution in [0.1, 0.15) is 17.2 Å². The molecule has 2 aromatic carbocycles. The van der Waals surface area contributed by atoms with Crippen LogP contribution in [0.2, 0.25) is 0 Å². The Labute approximate surface area is 108 Å². The molecule has 0 aliphatic heterocycles. The van der Waals surface area contributed by atoms with Crippen LogP contribution in [0, 0.1) is 17.5 Å². The van der Waals surface area contributed by atoms with E-state index in [1.165, 1.54) is 7.11 Å². The van der Waals surface area contributed by atoms with Crippen molar-refractivity contribution in [3.8, 4) is 5.75 Å². The Balaban J connectivity index is 2.37. The summed E-state index contributed by atoms with van der Waals surface area (Å²) in [5.74, 6) is -2.60. The van der Waals surface area contributed by atoms with Gasteiger partial charge in [-0.1, -0.05) is 12.1 Å². The summed E-state index contributed by atoms with van der Waals surface area (Å²) < 4.78 is 44.6. The van der Waals surface area contributed by atoms with Gasteiger partial charge in [-0.05, 0) is 23.8 Å². The molecule has 0 spiro atoms. The zero-order valence-corrected chi connectivity index (χ0v) is 10.2. The lowest BCUT2D eigenvalue weighted by Gasteiger charge is -2.14. The van der Waals surface area contributed by atoms with Gasteiger partial charge in [0.1, 0.15) is 11.6 Å². The van der Waals surface area contributed by atoms with Crippen molar-refractivity contribution < 1.29 is 17.9 Å². The number of benzene rings is 2. The third-order valence-electron chi connectivity index (χ3n) is 2.85. The second kappa shape index (κ2) is 5.32. The van der Waals surface area contributed by atoms with Gasteiger partial charge in [0.25, 0.3) is 0 Å². The molecule has 0 aromatic heterocycles. The van der Waals surface area contributed by atoms with Gasteiger partial charge in [0.05, 0.1) is 13.2 Å². The van der Waals surface area contributed by atoms with Crippen molar-refractivity contribution in [1.29, 1.82) is 0 Å². The Morgan fingerprint density at radius 2 is 1.53 bits per heavy atom. The zero-order chi connectivity index (χ0) is 14.0. The average Bonchev–Trinajstić information content (AvgIpc) is 2.42. The molecule has 0 aliphatic rings. The van der Waals surface area contributed by atoms with E-state index in [0.29, 0.717) is 17.4 Å². The summed E-state index contributed by atoms with van der Waals surface area (Å²) in [5, 5.41) is 0. The predicted molar refractivity (Wildman–Crippen MR) is 65.3 cm³/mol. The number of methoxy groups -OCH3 is 1. The van der Waals surface area contributed by atoms with E-state index in [-0.39, 0.29) is 5.56 Å². The largest absolute Gasteiger partial charge is 0.497 e. The van der Waals surface area contributed by atoms with Gasteiger partial charge in [-0.25, -0.2) is 13.2 Å². The van der Waals surface area contributed by atoms with E-state index in [2.05, 4.69) is 0 Å². The Kier molecular flexibility index (Phi) is 3.76. The molecule has 1 atom stereocenters. The quantitative estimate of drug-likeness (QED) is 0.867. The molecule has 2 nitrogen and oxygen atoms in total. The van der Waals surface area contributed by atoms with E-state index in [0.717, 1.165) is 6.07 Å². The van der Waals surface area contributed by atoms with E-state index in [9.17, 15) is 13.2 Å². The van der Waals surface area contributed by atoms with Gasteiger partial charge in [-0.3, -0.25) is 0 Å². The second-order valence-corrected chi connectivity index (χ2v) is 4.04. The molecule has 0 fully saturated rings. The molecular weight excluding hydrogens is 255 g/mol. The maximum Gasteiger partial charge on any atom is 0.161 e. The lowest BCUT2D eigenvalue weighted by atomic mass is 9.99. The topological polar surface area (TPSA) is 35.2 Å². The van der Waals surface area contributed by atoms with Gasteiger partial charge in [0, 0.05) is 11.6 Å². The fourth-order valence-corrected chi connectivity index (χ4v) is 1.77. The first-order valence-corrected chi connectivity index (χ1v) is 5.57. The Morgan fingerprint density at radius 1 is 0.947 bits per heavy atom. The number of rotatable bonds is 3. The zero-order valence-electron chi connectivity index (χ0n) is 10.2. The number of hydrogen-bond acceptors (Lipinski definition) is 2. The van der Waals surface area contributed by atoms with Gasteiger partial charge < -0.3 is 10.5 Å². The van der Waals surface area contributed by atoms with Crippen molar-refractivity contribution in [2.45, 2.75) is 6.04 Å². The monoisotopic (exact) mass is 267 g/mol. The van der Waals surface area contributed by atoms with Crippen molar-refractivity contribution in [3.05, 3.63) is 65.0 Å². The van der Waals surface area contributed by atoms with Crippen LogP contribution in [0.15, 0.2) is 36.4 Å². The first-order chi connectivity index (χ1) is 9.02. The van der Waals surface area contributed by atoms with Crippen molar-refractivity contribution in [2.75, 3.05) is 7.11 Å². The van der Waals surface area contributed by atoms with E-state index in [4.69, 9.17) is 10.5 Å². The lowest BCUT2D eigenvalue weighted by Crippen LogP contribution is -2.14. The van der Waals surface area contributed by atoms with Crippen LogP contribution in [0.5, 0.6) is 5.75 Å². The van der Waals surface area contributed by atoms with Crippen molar-refractivity contribution in [3.63, 3.8) is 0 Å². The van der Waals surface area contributed by atoms with E-state index >= 15 is 0 Å². The highest BCUT2D eigenvalue weighted by atomic mass is 19.2. The molecule has 0 radical (unpaired) electrons. The molecule has 0 aliphatic carbocycles. The molecule has 0 saturated carbocycles. The Bertz CT molecular complexity index is 584. The molecular formula is C14H12F3NO. The Hall–Kier alpha value is -2.01. The van der Waals surface area contributed by atoms with Gasteiger partial charge >= 0.3 is 0 Å². The van der Waals surface area contributed by atoms with E-state index in [1.807, 2.05) is 0 Å². The third kappa shape index (κ3) is 2.71. The van der Waals surface area contributed by atoms with Crippen LogP contribution in [0.4, 0.5) is 13.2 Å². The van der Waals surface area contributed by atoms with Crippen molar-refractivity contribution in [2.24, 2.45) is 5.73 Å². The Morgan fingerprint density at radius 3 is 2.11 bits per heavy atom. The minimum Gasteiger partial charge on any atom is -0.497 e. The molecule has 0 heterocycles. The molecule has 2 aromatic rings. The molecule has 2 rings (SSSR count). The van der Waals surface area contributed by atoms with Crippen LogP contribution in [0.3, 0.4) is 0 Å². The van der Waals surface area contributed by atoms with Gasteiger partial charge in [-0.2, -0.15) is 0 Å². The first-order valence-electron chi connectivity index (χ1n) is 5.57. The molecule has 1 unspecified atom stereocenters. The van der Waals surface area contributed by atoms with Gasteiger partial charge in [0.15, 0.2) is 11.6 Å². The predicted octanol–water partition coefficient (Wildman–Crippen LogP) is 3.16. The summed E-state index contributed by atoms with van der Waals surface area (Å²) in [4.78, 5) is 0. The minimum absolute atomic E-state index is 0.0935. The minimum atomic E-state index is -1.23. The molecule has 2 N–H and O–H groups in total. The second-order valence-electron chi connectivity index (χ2n) is 4.04. The van der Waals surface area contributed by atoms with Crippen LogP contribution in [-0.2, 0) is 0 Å². The summed E-state index contributed by atoms with van der Waals surface area (Å²) in [7, 11) is 1.52. The average molecular weight is 267 g/mol. The summed E-state index contributed by atoms with van der Waals surface area (Å²) in [5.41, 5.74) is 6.34. The third-order valence-corrected chi connectivity index (χ3v) is 2.85. The van der Waals surface area contributed by atoms with Crippen LogP contribution in [-0.4, -0.2) is 7.11 Å². The SMILES string of the molecule is COc1ccc(C(N)c2cc(F)c(F)cc2F)cc1. The normalized spacial score (nSPS) is 12.3. The van der Waals surface area contributed by atoms with Gasteiger partial charge in [0.2, 0.25) is 0 Å². The molecule has 5 heteroatoms.